The first-order chi connectivity index (χ1) is 10.3. The molecule has 1 amide bonds. The van der Waals surface area contributed by atoms with Crippen molar-refractivity contribution >= 4 is 21.9 Å². The number of methoxy groups -OCH3 is 1. The van der Waals surface area contributed by atoms with Crippen molar-refractivity contribution < 1.29 is 27.5 Å². The molecule has 0 atom stereocenters. The summed E-state index contributed by atoms with van der Waals surface area (Å²) in [4.78, 5) is 23.1. The predicted octanol–water partition coefficient (Wildman–Crippen LogP) is -0.198. The van der Waals surface area contributed by atoms with Gasteiger partial charge in [0.05, 0.1) is 17.6 Å². The minimum absolute atomic E-state index is 0.0267. The van der Waals surface area contributed by atoms with Crippen molar-refractivity contribution in [2.24, 2.45) is 5.14 Å². The molecular formula is C13H16N2O6S. The number of rotatable bonds is 7. The van der Waals surface area contributed by atoms with Crippen molar-refractivity contribution in [3.8, 4) is 5.75 Å². The van der Waals surface area contributed by atoms with Gasteiger partial charge in [-0.15, -0.1) is 0 Å². The summed E-state index contributed by atoms with van der Waals surface area (Å²) < 4.78 is 32.3. The van der Waals surface area contributed by atoms with E-state index in [1.165, 1.54) is 25.3 Å². The van der Waals surface area contributed by atoms with Gasteiger partial charge in [-0.1, -0.05) is 12.7 Å². The van der Waals surface area contributed by atoms with Gasteiger partial charge in [-0.3, -0.25) is 9.59 Å². The molecule has 0 saturated heterocycles. The molecule has 0 saturated carbocycles. The maximum absolute atomic E-state index is 12.0. The fourth-order valence-corrected chi connectivity index (χ4v) is 2.03. The highest BCUT2D eigenvalue weighted by atomic mass is 32.2. The Kier molecular flexibility index (Phi) is 6.08. The van der Waals surface area contributed by atoms with Crippen LogP contribution >= 0.6 is 0 Å². The number of primary sulfonamides is 1. The Hall–Kier alpha value is -2.39. The SMILES string of the molecule is C=CCOC(=O)CNC(=O)c1cc(S(N)(=O)=O)ccc1OC. The zero-order valence-corrected chi connectivity index (χ0v) is 12.7. The van der Waals surface area contributed by atoms with Crippen LogP contribution in [0, 0.1) is 0 Å². The Morgan fingerprint density at radius 3 is 2.64 bits per heavy atom. The van der Waals surface area contributed by atoms with Crippen LogP contribution in [0.4, 0.5) is 0 Å². The molecule has 120 valence electrons. The van der Waals surface area contributed by atoms with Crippen molar-refractivity contribution in [3.05, 3.63) is 36.4 Å². The van der Waals surface area contributed by atoms with E-state index in [4.69, 9.17) is 14.6 Å². The number of benzene rings is 1. The van der Waals surface area contributed by atoms with Gasteiger partial charge in [0, 0.05) is 0 Å². The number of hydrogen-bond donors (Lipinski definition) is 2. The standard InChI is InChI=1S/C13H16N2O6S/c1-3-6-21-12(16)8-15-13(17)10-7-9(22(14,18)19)4-5-11(10)20-2/h3-5,7H,1,6,8H2,2H3,(H,15,17)(H2,14,18,19). The van der Waals surface area contributed by atoms with E-state index in [0.717, 1.165) is 6.07 Å². The van der Waals surface area contributed by atoms with Crippen LogP contribution in [-0.2, 0) is 19.6 Å². The number of carbonyl (C=O) groups excluding carboxylic acids is 2. The average molecular weight is 328 g/mol. The molecule has 3 N–H and O–H groups in total. The Labute approximate surface area is 127 Å². The molecule has 0 bridgehead atoms. The molecule has 0 heterocycles. The summed E-state index contributed by atoms with van der Waals surface area (Å²) in [6, 6.07) is 3.58. The molecule has 0 spiro atoms. The van der Waals surface area contributed by atoms with Crippen molar-refractivity contribution in [3.63, 3.8) is 0 Å². The van der Waals surface area contributed by atoms with Gasteiger partial charge >= 0.3 is 5.97 Å². The van der Waals surface area contributed by atoms with Gasteiger partial charge in [-0.05, 0) is 18.2 Å². The highest BCUT2D eigenvalue weighted by molar-refractivity contribution is 7.89. The fourth-order valence-electron chi connectivity index (χ4n) is 1.49. The zero-order chi connectivity index (χ0) is 16.8. The third-order valence-corrected chi connectivity index (χ3v) is 3.41. The largest absolute Gasteiger partial charge is 0.496 e. The predicted molar refractivity (Wildman–Crippen MR) is 77.9 cm³/mol. The van der Waals surface area contributed by atoms with E-state index in [0.29, 0.717) is 0 Å². The smallest absolute Gasteiger partial charge is 0.325 e. The molecule has 1 rings (SSSR count). The second-order valence-electron chi connectivity index (χ2n) is 4.06. The quantitative estimate of drug-likeness (QED) is 0.527. The zero-order valence-electron chi connectivity index (χ0n) is 11.9. The Bertz CT molecular complexity index is 684. The van der Waals surface area contributed by atoms with Crippen LogP contribution in [0.1, 0.15) is 10.4 Å². The second kappa shape index (κ2) is 7.57. The van der Waals surface area contributed by atoms with E-state index in [1.807, 2.05) is 0 Å². The summed E-state index contributed by atoms with van der Waals surface area (Å²) in [6.07, 6.45) is 1.39. The van der Waals surface area contributed by atoms with Crippen molar-refractivity contribution in [1.82, 2.24) is 5.32 Å². The van der Waals surface area contributed by atoms with E-state index in [1.54, 1.807) is 0 Å². The summed E-state index contributed by atoms with van der Waals surface area (Å²) >= 11 is 0. The molecule has 0 radical (unpaired) electrons. The van der Waals surface area contributed by atoms with Gasteiger partial charge in [0.2, 0.25) is 10.0 Å². The third-order valence-electron chi connectivity index (χ3n) is 2.50. The lowest BCUT2D eigenvalue weighted by Gasteiger charge is -2.10. The topological polar surface area (TPSA) is 125 Å². The molecule has 0 aliphatic rings. The van der Waals surface area contributed by atoms with E-state index in [2.05, 4.69) is 11.9 Å². The van der Waals surface area contributed by atoms with Crippen LogP contribution < -0.4 is 15.2 Å². The maximum atomic E-state index is 12.0. The van der Waals surface area contributed by atoms with Gasteiger partial charge in [0.1, 0.15) is 18.9 Å². The summed E-state index contributed by atoms with van der Waals surface area (Å²) in [5.74, 6) is -1.21. The van der Waals surface area contributed by atoms with E-state index >= 15 is 0 Å². The van der Waals surface area contributed by atoms with E-state index < -0.39 is 21.9 Å². The van der Waals surface area contributed by atoms with Crippen molar-refractivity contribution in [2.45, 2.75) is 4.90 Å². The molecule has 1 aromatic carbocycles. The Balaban J connectivity index is 2.91. The Morgan fingerprint density at radius 1 is 1.41 bits per heavy atom. The van der Waals surface area contributed by atoms with Gasteiger partial charge in [-0.25, -0.2) is 13.6 Å². The van der Waals surface area contributed by atoms with Crippen molar-refractivity contribution in [1.29, 1.82) is 0 Å². The van der Waals surface area contributed by atoms with E-state index in [9.17, 15) is 18.0 Å². The van der Waals surface area contributed by atoms with Gasteiger partial charge in [0.15, 0.2) is 0 Å². The molecule has 0 aliphatic heterocycles. The lowest BCUT2D eigenvalue weighted by Crippen LogP contribution is -2.31. The first kappa shape index (κ1) is 17.7. The highest BCUT2D eigenvalue weighted by Gasteiger charge is 2.18. The molecule has 22 heavy (non-hydrogen) atoms. The second-order valence-corrected chi connectivity index (χ2v) is 5.62. The lowest BCUT2D eigenvalue weighted by molar-refractivity contribution is -0.141. The van der Waals surface area contributed by atoms with E-state index in [-0.39, 0.29) is 29.4 Å². The minimum atomic E-state index is -3.97. The monoisotopic (exact) mass is 328 g/mol. The highest BCUT2D eigenvalue weighted by Crippen LogP contribution is 2.21. The van der Waals surface area contributed by atoms with Crippen LogP contribution in [0.15, 0.2) is 35.7 Å². The van der Waals surface area contributed by atoms with Gasteiger partial charge in [0.25, 0.3) is 5.91 Å². The molecule has 0 fully saturated rings. The molecule has 0 aliphatic carbocycles. The van der Waals surface area contributed by atoms with Crippen LogP contribution in [0.3, 0.4) is 0 Å². The number of nitrogens with one attached hydrogen (secondary N) is 1. The molecule has 1 aromatic rings. The molecule has 0 aromatic heterocycles. The van der Waals surface area contributed by atoms with Gasteiger partial charge in [-0.2, -0.15) is 0 Å². The number of nitrogens with two attached hydrogens (primary N) is 1. The summed E-state index contributed by atoms with van der Waals surface area (Å²) in [7, 11) is -2.64. The molecule has 0 unspecified atom stereocenters. The van der Waals surface area contributed by atoms with Crippen LogP contribution in [0.5, 0.6) is 5.75 Å². The number of esters is 1. The number of sulfonamides is 1. The third kappa shape index (κ3) is 4.86. The summed E-state index contributed by atoms with van der Waals surface area (Å²) in [5, 5.41) is 7.31. The number of ether oxygens (including phenoxy) is 2. The lowest BCUT2D eigenvalue weighted by atomic mass is 10.2. The Morgan fingerprint density at radius 2 is 2.09 bits per heavy atom. The number of carbonyl (C=O) groups is 2. The number of hydrogen-bond acceptors (Lipinski definition) is 6. The maximum Gasteiger partial charge on any atom is 0.325 e. The average Bonchev–Trinajstić information content (AvgIpc) is 2.48. The first-order valence-corrected chi connectivity index (χ1v) is 7.59. The molecule has 9 heteroatoms. The van der Waals surface area contributed by atoms with Crippen molar-refractivity contribution in [2.75, 3.05) is 20.3 Å². The summed E-state index contributed by atoms with van der Waals surface area (Å²) in [6.45, 7) is 3.03. The minimum Gasteiger partial charge on any atom is -0.496 e. The fraction of sp³-hybridized carbons (Fsp3) is 0.231. The van der Waals surface area contributed by atoms with Crippen LogP contribution in [0.25, 0.3) is 0 Å². The number of amides is 1. The molecular weight excluding hydrogens is 312 g/mol. The van der Waals surface area contributed by atoms with Crippen LogP contribution in [0.2, 0.25) is 0 Å². The summed E-state index contributed by atoms with van der Waals surface area (Å²) in [5.41, 5.74) is -0.0643. The molecule has 8 nitrogen and oxygen atoms in total. The van der Waals surface area contributed by atoms with Gasteiger partial charge < -0.3 is 14.8 Å². The first-order valence-electron chi connectivity index (χ1n) is 6.05. The van der Waals surface area contributed by atoms with Crippen LogP contribution in [-0.4, -0.2) is 40.6 Å². The normalized spacial score (nSPS) is 10.6.